The minimum atomic E-state index is -0.0340. The highest BCUT2D eigenvalue weighted by Gasteiger charge is 2.33. The molecule has 0 amide bonds. The summed E-state index contributed by atoms with van der Waals surface area (Å²) in [7, 11) is 0. The first-order chi connectivity index (χ1) is 6.33. The number of hydrogen-bond acceptors (Lipinski definition) is 2. The molecule has 1 saturated carbocycles. The molecule has 74 valence electrons. The highest BCUT2D eigenvalue weighted by Crippen LogP contribution is 2.40. The van der Waals surface area contributed by atoms with Gasteiger partial charge in [0, 0.05) is 13.2 Å². The molecule has 0 N–H and O–H groups in total. The van der Waals surface area contributed by atoms with Crippen molar-refractivity contribution < 1.29 is 4.74 Å². The van der Waals surface area contributed by atoms with E-state index in [2.05, 4.69) is 13.0 Å². The lowest BCUT2D eigenvalue weighted by atomic mass is 9.85. The summed E-state index contributed by atoms with van der Waals surface area (Å²) in [6, 6.07) is 2.47. The molecule has 1 aliphatic carbocycles. The van der Waals surface area contributed by atoms with Crippen molar-refractivity contribution in [2.75, 3.05) is 13.2 Å². The first-order valence-electron chi connectivity index (χ1n) is 5.32. The Balaban J connectivity index is 2.21. The molecule has 13 heavy (non-hydrogen) atoms. The zero-order valence-corrected chi connectivity index (χ0v) is 8.51. The molecule has 0 atom stereocenters. The number of rotatable bonds is 5. The van der Waals surface area contributed by atoms with E-state index in [9.17, 15) is 0 Å². The standard InChI is InChI=1S/C11H19NO/c1-2-8-13-9-7-11(10-12)5-3-4-6-11/h2-9H2,1H3. The Bertz CT molecular complexity index is 177. The maximum Gasteiger partial charge on any atom is 0.0690 e. The van der Waals surface area contributed by atoms with E-state index in [1.807, 2.05) is 0 Å². The third-order valence-electron chi connectivity index (χ3n) is 2.87. The van der Waals surface area contributed by atoms with E-state index in [0.717, 1.165) is 38.9 Å². The molecule has 0 radical (unpaired) electrons. The zero-order valence-electron chi connectivity index (χ0n) is 8.51. The summed E-state index contributed by atoms with van der Waals surface area (Å²) in [6.45, 7) is 3.71. The van der Waals surface area contributed by atoms with Crippen LogP contribution in [0.3, 0.4) is 0 Å². The van der Waals surface area contributed by atoms with Crippen LogP contribution in [0.1, 0.15) is 45.4 Å². The Hall–Kier alpha value is -0.550. The molecular weight excluding hydrogens is 162 g/mol. The van der Waals surface area contributed by atoms with Gasteiger partial charge in [0.15, 0.2) is 0 Å². The number of nitriles is 1. The van der Waals surface area contributed by atoms with Crippen LogP contribution >= 0.6 is 0 Å². The quantitative estimate of drug-likeness (QED) is 0.611. The molecule has 0 aliphatic heterocycles. The van der Waals surface area contributed by atoms with Crippen molar-refractivity contribution in [2.45, 2.75) is 45.4 Å². The Morgan fingerprint density at radius 3 is 2.54 bits per heavy atom. The molecule has 0 heterocycles. The van der Waals surface area contributed by atoms with E-state index >= 15 is 0 Å². The number of nitrogens with zero attached hydrogens (tertiary/aromatic N) is 1. The Morgan fingerprint density at radius 2 is 2.00 bits per heavy atom. The predicted molar refractivity (Wildman–Crippen MR) is 52.2 cm³/mol. The fourth-order valence-electron chi connectivity index (χ4n) is 1.98. The van der Waals surface area contributed by atoms with Gasteiger partial charge in [0.05, 0.1) is 11.5 Å². The Kier molecular flexibility index (Phi) is 4.24. The molecule has 0 aromatic heterocycles. The van der Waals surface area contributed by atoms with Crippen molar-refractivity contribution >= 4 is 0 Å². The first kappa shape index (κ1) is 10.5. The molecular formula is C11H19NO. The van der Waals surface area contributed by atoms with Crippen LogP contribution in [-0.4, -0.2) is 13.2 Å². The second kappa shape index (κ2) is 5.24. The van der Waals surface area contributed by atoms with Gasteiger partial charge in [-0.3, -0.25) is 0 Å². The maximum atomic E-state index is 9.07. The van der Waals surface area contributed by atoms with Crippen molar-refractivity contribution in [3.63, 3.8) is 0 Å². The van der Waals surface area contributed by atoms with Crippen molar-refractivity contribution in [1.29, 1.82) is 5.26 Å². The molecule has 1 aliphatic rings. The lowest BCUT2D eigenvalue weighted by Gasteiger charge is -2.19. The van der Waals surface area contributed by atoms with E-state index in [1.54, 1.807) is 0 Å². The SMILES string of the molecule is CCCOCCC1(C#N)CCCC1. The van der Waals surface area contributed by atoms with E-state index in [0.29, 0.717) is 0 Å². The summed E-state index contributed by atoms with van der Waals surface area (Å²) in [4.78, 5) is 0. The van der Waals surface area contributed by atoms with Gasteiger partial charge in [-0.1, -0.05) is 19.8 Å². The van der Waals surface area contributed by atoms with Gasteiger partial charge in [0.25, 0.3) is 0 Å². The lowest BCUT2D eigenvalue weighted by Crippen LogP contribution is -2.16. The van der Waals surface area contributed by atoms with Crippen molar-refractivity contribution in [3.8, 4) is 6.07 Å². The van der Waals surface area contributed by atoms with Crippen LogP contribution in [-0.2, 0) is 4.74 Å². The van der Waals surface area contributed by atoms with Gasteiger partial charge < -0.3 is 4.74 Å². The van der Waals surface area contributed by atoms with Crippen LogP contribution in [0.15, 0.2) is 0 Å². The van der Waals surface area contributed by atoms with Gasteiger partial charge in [0.2, 0.25) is 0 Å². The van der Waals surface area contributed by atoms with E-state index in [4.69, 9.17) is 10.00 Å². The van der Waals surface area contributed by atoms with Crippen LogP contribution in [0.25, 0.3) is 0 Å². The molecule has 1 fully saturated rings. The molecule has 0 aromatic carbocycles. The van der Waals surface area contributed by atoms with Gasteiger partial charge in [-0.25, -0.2) is 0 Å². The van der Waals surface area contributed by atoms with Crippen LogP contribution < -0.4 is 0 Å². The summed E-state index contributed by atoms with van der Waals surface area (Å²) in [5.74, 6) is 0. The second-order valence-corrected chi connectivity index (χ2v) is 3.96. The molecule has 0 unspecified atom stereocenters. The summed E-state index contributed by atoms with van der Waals surface area (Å²) >= 11 is 0. The second-order valence-electron chi connectivity index (χ2n) is 3.96. The minimum absolute atomic E-state index is 0.0340. The summed E-state index contributed by atoms with van der Waals surface area (Å²) in [5, 5.41) is 9.07. The molecule has 1 rings (SSSR count). The first-order valence-corrected chi connectivity index (χ1v) is 5.32. The van der Waals surface area contributed by atoms with Crippen LogP contribution in [0.5, 0.6) is 0 Å². The number of ether oxygens (including phenoxy) is 1. The van der Waals surface area contributed by atoms with E-state index < -0.39 is 0 Å². The third-order valence-corrected chi connectivity index (χ3v) is 2.87. The number of hydrogen-bond donors (Lipinski definition) is 0. The van der Waals surface area contributed by atoms with Crippen LogP contribution in [0.2, 0.25) is 0 Å². The average Bonchev–Trinajstić information content (AvgIpc) is 2.62. The largest absolute Gasteiger partial charge is 0.381 e. The maximum absolute atomic E-state index is 9.07. The molecule has 0 aromatic rings. The summed E-state index contributed by atoms with van der Waals surface area (Å²) in [6.07, 6.45) is 6.61. The monoisotopic (exact) mass is 181 g/mol. The van der Waals surface area contributed by atoms with Crippen molar-refractivity contribution in [1.82, 2.24) is 0 Å². The molecule has 2 heteroatoms. The minimum Gasteiger partial charge on any atom is -0.381 e. The molecule has 0 bridgehead atoms. The highest BCUT2D eigenvalue weighted by molar-refractivity contribution is 5.01. The van der Waals surface area contributed by atoms with Gasteiger partial charge in [-0.2, -0.15) is 5.26 Å². The lowest BCUT2D eigenvalue weighted by molar-refractivity contribution is 0.110. The molecule has 0 spiro atoms. The normalized spacial score (nSPS) is 20.0. The van der Waals surface area contributed by atoms with Gasteiger partial charge in [-0.05, 0) is 25.7 Å². The van der Waals surface area contributed by atoms with E-state index in [1.165, 1.54) is 12.8 Å². The predicted octanol–water partition coefficient (Wildman–Crippen LogP) is 2.89. The van der Waals surface area contributed by atoms with Crippen LogP contribution in [0.4, 0.5) is 0 Å². The third kappa shape index (κ3) is 3.00. The zero-order chi connectivity index (χ0) is 9.57. The van der Waals surface area contributed by atoms with Gasteiger partial charge in [0.1, 0.15) is 0 Å². The van der Waals surface area contributed by atoms with Gasteiger partial charge >= 0.3 is 0 Å². The fraction of sp³-hybridized carbons (Fsp3) is 0.909. The molecule has 2 nitrogen and oxygen atoms in total. The highest BCUT2D eigenvalue weighted by atomic mass is 16.5. The average molecular weight is 181 g/mol. The fourth-order valence-corrected chi connectivity index (χ4v) is 1.98. The topological polar surface area (TPSA) is 33.0 Å². The van der Waals surface area contributed by atoms with Crippen molar-refractivity contribution in [2.24, 2.45) is 5.41 Å². The Labute approximate surface area is 80.9 Å². The Morgan fingerprint density at radius 1 is 1.31 bits per heavy atom. The van der Waals surface area contributed by atoms with Crippen LogP contribution in [0, 0.1) is 16.7 Å². The smallest absolute Gasteiger partial charge is 0.0690 e. The molecule has 0 saturated heterocycles. The van der Waals surface area contributed by atoms with Crippen molar-refractivity contribution in [3.05, 3.63) is 0 Å². The van der Waals surface area contributed by atoms with E-state index in [-0.39, 0.29) is 5.41 Å². The summed E-state index contributed by atoms with van der Waals surface area (Å²) < 4.78 is 5.42. The summed E-state index contributed by atoms with van der Waals surface area (Å²) in [5.41, 5.74) is -0.0340. The van der Waals surface area contributed by atoms with Gasteiger partial charge in [-0.15, -0.1) is 0 Å².